The molecule has 0 aliphatic carbocycles. The fourth-order valence-corrected chi connectivity index (χ4v) is 2.66. The quantitative estimate of drug-likeness (QED) is 0.897. The van der Waals surface area contributed by atoms with Crippen molar-refractivity contribution in [3.05, 3.63) is 52.0 Å². The summed E-state index contributed by atoms with van der Waals surface area (Å²) in [5, 5.41) is 11.7. The highest BCUT2D eigenvalue weighted by Crippen LogP contribution is 2.31. The van der Waals surface area contributed by atoms with Gasteiger partial charge in [-0.1, -0.05) is 0 Å². The molecular weight excluding hydrogens is 332 g/mol. The second-order valence-corrected chi connectivity index (χ2v) is 5.58. The van der Waals surface area contributed by atoms with E-state index in [-0.39, 0.29) is 5.91 Å². The molecule has 1 aliphatic heterocycles. The Morgan fingerprint density at radius 1 is 1.14 bits per heavy atom. The lowest BCUT2D eigenvalue weighted by atomic mass is 10.0. The van der Waals surface area contributed by atoms with Crippen LogP contribution in [0, 0.1) is 11.3 Å². The Morgan fingerprint density at radius 2 is 1.90 bits per heavy atom. The summed E-state index contributed by atoms with van der Waals surface area (Å²) in [6.45, 7) is 0. The minimum absolute atomic E-state index is 0.0483. The lowest BCUT2D eigenvalue weighted by molar-refractivity contribution is -0.116. The van der Waals surface area contributed by atoms with Crippen LogP contribution in [-0.4, -0.2) is 5.91 Å². The number of carbonyl (C=O) groups excluding carboxylic acids is 1. The third-order valence-corrected chi connectivity index (χ3v) is 3.92. The maximum Gasteiger partial charge on any atom is 0.224 e. The Kier molecular flexibility index (Phi) is 3.63. The van der Waals surface area contributed by atoms with Gasteiger partial charge in [0.05, 0.1) is 5.56 Å². The molecule has 2 aromatic rings. The van der Waals surface area contributed by atoms with Crippen LogP contribution in [0.25, 0.3) is 0 Å². The molecule has 0 bridgehead atoms. The molecule has 0 spiro atoms. The predicted octanol–water partition coefficient (Wildman–Crippen LogP) is 4.00. The standard InChI is InChI=1S/C16H11BrN2O2/c17-14-8-13(3-1-11(14)9-18)21-12-4-5-15-10(7-12)2-6-16(20)19-15/h1,3-5,7-8H,2,6H2,(H,19,20). The van der Waals surface area contributed by atoms with E-state index in [0.717, 1.165) is 17.7 Å². The molecule has 4 nitrogen and oxygen atoms in total. The summed E-state index contributed by atoms with van der Waals surface area (Å²) in [6.07, 6.45) is 1.22. The van der Waals surface area contributed by atoms with Gasteiger partial charge < -0.3 is 10.1 Å². The highest BCUT2D eigenvalue weighted by Gasteiger charge is 2.15. The van der Waals surface area contributed by atoms with Crippen molar-refractivity contribution in [3.8, 4) is 17.6 Å². The lowest BCUT2D eigenvalue weighted by Crippen LogP contribution is -2.18. The second-order valence-electron chi connectivity index (χ2n) is 4.72. The van der Waals surface area contributed by atoms with E-state index in [1.165, 1.54) is 0 Å². The number of nitrogens with one attached hydrogen (secondary N) is 1. The molecule has 21 heavy (non-hydrogen) atoms. The van der Waals surface area contributed by atoms with Crippen molar-refractivity contribution < 1.29 is 9.53 Å². The van der Waals surface area contributed by atoms with E-state index in [1.807, 2.05) is 18.2 Å². The first kappa shape index (κ1) is 13.7. The third kappa shape index (κ3) is 2.91. The van der Waals surface area contributed by atoms with Crippen molar-refractivity contribution in [2.75, 3.05) is 5.32 Å². The molecule has 104 valence electrons. The number of nitrogens with zero attached hydrogens (tertiary/aromatic N) is 1. The molecule has 0 unspecified atom stereocenters. The number of fused-ring (bicyclic) bond motifs is 1. The number of nitriles is 1. The molecule has 0 atom stereocenters. The molecule has 1 amide bonds. The number of halogens is 1. The average Bonchev–Trinajstić information content (AvgIpc) is 2.48. The van der Waals surface area contributed by atoms with Crippen LogP contribution in [-0.2, 0) is 11.2 Å². The molecule has 1 heterocycles. The highest BCUT2D eigenvalue weighted by atomic mass is 79.9. The smallest absolute Gasteiger partial charge is 0.224 e. The summed E-state index contributed by atoms with van der Waals surface area (Å²) < 4.78 is 6.50. The fourth-order valence-electron chi connectivity index (χ4n) is 2.21. The van der Waals surface area contributed by atoms with Gasteiger partial charge in [0.25, 0.3) is 0 Å². The zero-order valence-electron chi connectivity index (χ0n) is 11.0. The lowest BCUT2D eigenvalue weighted by Gasteiger charge is -2.17. The zero-order valence-corrected chi connectivity index (χ0v) is 12.6. The first-order valence-electron chi connectivity index (χ1n) is 6.46. The Hall–Kier alpha value is -2.32. The van der Waals surface area contributed by atoms with Gasteiger partial charge in [0, 0.05) is 16.6 Å². The third-order valence-electron chi connectivity index (χ3n) is 3.27. The monoisotopic (exact) mass is 342 g/mol. The van der Waals surface area contributed by atoms with E-state index in [0.29, 0.717) is 28.0 Å². The molecule has 0 saturated carbocycles. The summed E-state index contributed by atoms with van der Waals surface area (Å²) in [4.78, 5) is 11.3. The summed E-state index contributed by atoms with van der Waals surface area (Å²) in [5.41, 5.74) is 2.48. The van der Waals surface area contributed by atoms with Crippen LogP contribution < -0.4 is 10.1 Å². The Labute approximate surface area is 130 Å². The van der Waals surface area contributed by atoms with Crippen LogP contribution in [0.2, 0.25) is 0 Å². The first-order valence-corrected chi connectivity index (χ1v) is 7.25. The van der Waals surface area contributed by atoms with Gasteiger partial charge >= 0.3 is 0 Å². The number of hydrogen-bond acceptors (Lipinski definition) is 3. The molecule has 5 heteroatoms. The molecule has 3 rings (SSSR count). The topological polar surface area (TPSA) is 62.1 Å². The number of amides is 1. The molecule has 0 radical (unpaired) electrons. The van der Waals surface area contributed by atoms with Gasteiger partial charge in [-0.15, -0.1) is 0 Å². The van der Waals surface area contributed by atoms with E-state index in [2.05, 4.69) is 27.3 Å². The minimum Gasteiger partial charge on any atom is -0.457 e. The van der Waals surface area contributed by atoms with Crippen molar-refractivity contribution in [2.45, 2.75) is 12.8 Å². The highest BCUT2D eigenvalue weighted by molar-refractivity contribution is 9.10. The predicted molar refractivity (Wildman–Crippen MR) is 82.3 cm³/mol. The number of rotatable bonds is 2. The van der Waals surface area contributed by atoms with Crippen LogP contribution in [0.5, 0.6) is 11.5 Å². The number of hydrogen-bond donors (Lipinski definition) is 1. The normalized spacial score (nSPS) is 13.0. The maximum atomic E-state index is 11.3. The molecular formula is C16H11BrN2O2. The van der Waals surface area contributed by atoms with Crippen LogP contribution in [0.1, 0.15) is 17.5 Å². The summed E-state index contributed by atoms with van der Waals surface area (Å²) in [6, 6.07) is 12.9. The molecule has 1 N–H and O–H groups in total. The fraction of sp³-hybridized carbons (Fsp3) is 0.125. The van der Waals surface area contributed by atoms with Crippen molar-refractivity contribution >= 4 is 27.5 Å². The van der Waals surface area contributed by atoms with Crippen LogP contribution >= 0.6 is 15.9 Å². The van der Waals surface area contributed by atoms with Crippen molar-refractivity contribution in [1.82, 2.24) is 0 Å². The Bertz CT molecular complexity index is 765. The van der Waals surface area contributed by atoms with Crippen LogP contribution in [0.15, 0.2) is 40.9 Å². The Balaban J connectivity index is 1.84. The molecule has 2 aromatic carbocycles. The average molecular weight is 343 g/mol. The number of ether oxygens (including phenoxy) is 1. The Morgan fingerprint density at radius 3 is 2.67 bits per heavy atom. The van der Waals surface area contributed by atoms with E-state index in [1.54, 1.807) is 18.2 Å². The van der Waals surface area contributed by atoms with Gasteiger partial charge in [-0.25, -0.2) is 0 Å². The second kappa shape index (κ2) is 5.58. The summed E-state index contributed by atoms with van der Waals surface area (Å²) in [7, 11) is 0. The number of anilines is 1. The first-order chi connectivity index (χ1) is 10.2. The van der Waals surface area contributed by atoms with E-state index in [4.69, 9.17) is 10.00 Å². The van der Waals surface area contributed by atoms with Crippen LogP contribution in [0.3, 0.4) is 0 Å². The van der Waals surface area contributed by atoms with Crippen LogP contribution in [0.4, 0.5) is 5.69 Å². The molecule has 1 aliphatic rings. The van der Waals surface area contributed by atoms with Gasteiger partial charge in [-0.05, 0) is 64.3 Å². The van der Waals surface area contributed by atoms with Crippen molar-refractivity contribution in [2.24, 2.45) is 0 Å². The van der Waals surface area contributed by atoms with Gasteiger partial charge in [-0.2, -0.15) is 5.26 Å². The molecule has 0 fully saturated rings. The van der Waals surface area contributed by atoms with Crippen molar-refractivity contribution in [1.29, 1.82) is 5.26 Å². The summed E-state index contributed by atoms with van der Waals surface area (Å²) >= 11 is 3.34. The maximum absolute atomic E-state index is 11.3. The van der Waals surface area contributed by atoms with Gasteiger partial charge in [0.15, 0.2) is 0 Å². The summed E-state index contributed by atoms with van der Waals surface area (Å²) in [5.74, 6) is 1.41. The van der Waals surface area contributed by atoms with Gasteiger partial charge in [0.2, 0.25) is 5.91 Å². The number of carbonyl (C=O) groups is 1. The van der Waals surface area contributed by atoms with Gasteiger partial charge in [-0.3, -0.25) is 4.79 Å². The SMILES string of the molecule is N#Cc1ccc(Oc2ccc3c(c2)CCC(=O)N3)cc1Br. The number of aryl methyl sites for hydroxylation is 1. The molecule has 0 saturated heterocycles. The van der Waals surface area contributed by atoms with E-state index < -0.39 is 0 Å². The van der Waals surface area contributed by atoms with E-state index >= 15 is 0 Å². The number of benzene rings is 2. The largest absolute Gasteiger partial charge is 0.457 e. The van der Waals surface area contributed by atoms with Gasteiger partial charge in [0.1, 0.15) is 17.6 Å². The van der Waals surface area contributed by atoms with Crippen molar-refractivity contribution in [3.63, 3.8) is 0 Å². The minimum atomic E-state index is 0.0483. The zero-order chi connectivity index (χ0) is 14.8. The van der Waals surface area contributed by atoms with E-state index in [9.17, 15) is 4.79 Å². The molecule has 0 aromatic heterocycles.